The maximum atomic E-state index is 9.96. The fraction of sp³-hybridized carbons (Fsp3) is 0.520. The summed E-state index contributed by atoms with van der Waals surface area (Å²) < 4.78 is 11.6. The summed E-state index contributed by atoms with van der Waals surface area (Å²) in [5.41, 5.74) is 4.11. The van der Waals surface area contributed by atoms with Crippen molar-refractivity contribution in [2.75, 3.05) is 33.4 Å². The fourth-order valence-corrected chi connectivity index (χ4v) is 4.58. The number of fused-ring (bicyclic) bond motifs is 1. The zero-order valence-electron chi connectivity index (χ0n) is 20.5. The number of ether oxygens (including phenoxy) is 2. The van der Waals surface area contributed by atoms with E-state index in [2.05, 4.69) is 33.7 Å². The number of nitrogens with one attached hydrogen (secondary N) is 2. The van der Waals surface area contributed by atoms with Crippen molar-refractivity contribution < 1.29 is 14.6 Å². The fourth-order valence-electron chi connectivity index (χ4n) is 4.58. The van der Waals surface area contributed by atoms with Gasteiger partial charge in [0, 0.05) is 56.1 Å². The SMILES string of the molecule is COC1C=C(c2[nH]c3ccc(OCC4CN(CC(C)(C)O)C4)nc3c2C(C)C)C=NC1=NC=N. The summed E-state index contributed by atoms with van der Waals surface area (Å²) in [5.74, 6) is 1.73. The summed E-state index contributed by atoms with van der Waals surface area (Å²) in [6, 6.07) is 3.90. The topological polar surface area (TPSA) is 119 Å². The number of aliphatic hydroxyl groups is 1. The Morgan fingerprint density at radius 3 is 2.76 bits per heavy atom. The largest absolute Gasteiger partial charge is 0.477 e. The highest BCUT2D eigenvalue weighted by Gasteiger charge is 2.31. The molecule has 34 heavy (non-hydrogen) atoms. The molecule has 182 valence electrons. The van der Waals surface area contributed by atoms with E-state index in [1.54, 1.807) is 13.3 Å². The van der Waals surface area contributed by atoms with E-state index in [1.165, 1.54) is 0 Å². The zero-order chi connectivity index (χ0) is 24.5. The lowest BCUT2D eigenvalue weighted by molar-refractivity contribution is -0.0183. The summed E-state index contributed by atoms with van der Waals surface area (Å²) in [6.45, 7) is 11.1. The lowest BCUT2D eigenvalue weighted by atomic mass is 9.97. The van der Waals surface area contributed by atoms with E-state index >= 15 is 0 Å². The molecule has 0 amide bonds. The molecule has 0 aliphatic carbocycles. The Bertz CT molecular complexity index is 1140. The number of hydrogen-bond acceptors (Lipinski definition) is 6. The maximum absolute atomic E-state index is 9.96. The van der Waals surface area contributed by atoms with Gasteiger partial charge in [0.2, 0.25) is 5.88 Å². The molecular weight excluding hydrogens is 432 g/mol. The van der Waals surface area contributed by atoms with Crippen LogP contribution in [0.3, 0.4) is 0 Å². The highest BCUT2D eigenvalue weighted by molar-refractivity contribution is 6.19. The number of aromatic nitrogens is 2. The molecule has 1 fully saturated rings. The molecule has 0 saturated carbocycles. The number of hydrogen-bond donors (Lipinski definition) is 3. The Kier molecular flexibility index (Phi) is 6.97. The highest BCUT2D eigenvalue weighted by Crippen LogP contribution is 2.34. The van der Waals surface area contributed by atoms with Crippen LogP contribution in [0.25, 0.3) is 16.6 Å². The Labute approximate surface area is 200 Å². The summed E-state index contributed by atoms with van der Waals surface area (Å²) in [7, 11) is 1.60. The summed E-state index contributed by atoms with van der Waals surface area (Å²) in [4.78, 5) is 19.0. The third-order valence-electron chi connectivity index (χ3n) is 6.00. The van der Waals surface area contributed by atoms with Gasteiger partial charge in [0.1, 0.15) is 12.4 Å². The number of rotatable bonds is 9. The number of aliphatic imine (C=N–C) groups is 2. The van der Waals surface area contributed by atoms with Gasteiger partial charge in [-0.3, -0.25) is 10.3 Å². The maximum Gasteiger partial charge on any atom is 0.213 e. The van der Waals surface area contributed by atoms with E-state index in [-0.39, 0.29) is 5.92 Å². The first kappa shape index (κ1) is 24.3. The molecule has 2 aliphatic heterocycles. The molecule has 9 heteroatoms. The molecular formula is C25H34N6O3. The van der Waals surface area contributed by atoms with E-state index in [4.69, 9.17) is 19.9 Å². The van der Waals surface area contributed by atoms with Crippen LogP contribution in [0.2, 0.25) is 0 Å². The second-order valence-electron chi connectivity index (χ2n) is 9.95. The molecule has 0 bridgehead atoms. The minimum Gasteiger partial charge on any atom is -0.477 e. The number of likely N-dealkylation sites (tertiary alicyclic amines) is 1. The van der Waals surface area contributed by atoms with Gasteiger partial charge in [0.25, 0.3) is 0 Å². The third kappa shape index (κ3) is 5.27. The summed E-state index contributed by atoms with van der Waals surface area (Å²) >= 11 is 0. The second kappa shape index (κ2) is 9.77. The summed E-state index contributed by atoms with van der Waals surface area (Å²) in [6.07, 6.45) is 4.26. The molecule has 1 atom stereocenters. The van der Waals surface area contributed by atoms with Crippen molar-refractivity contribution in [3.63, 3.8) is 0 Å². The molecule has 0 radical (unpaired) electrons. The lowest BCUT2D eigenvalue weighted by Gasteiger charge is -2.41. The van der Waals surface area contributed by atoms with Gasteiger partial charge in [-0.05, 0) is 31.9 Å². The molecule has 1 saturated heterocycles. The van der Waals surface area contributed by atoms with Crippen molar-refractivity contribution in [3.05, 3.63) is 29.5 Å². The molecule has 4 heterocycles. The van der Waals surface area contributed by atoms with Crippen molar-refractivity contribution in [3.8, 4) is 5.88 Å². The molecule has 3 N–H and O–H groups in total. The lowest BCUT2D eigenvalue weighted by Crippen LogP contribution is -2.53. The average Bonchev–Trinajstić information content (AvgIpc) is 3.14. The number of pyridine rings is 1. The van der Waals surface area contributed by atoms with Crippen molar-refractivity contribution >= 4 is 35.0 Å². The van der Waals surface area contributed by atoms with Crippen LogP contribution in [0, 0.1) is 11.3 Å². The first-order valence-electron chi connectivity index (χ1n) is 11.6. The van der Waals surface area contributed by atoms with Gasteiger partial charge >= 0.3 is 0 Å². The average molecular weight is 467 g/mol. The first-order chi connectivity index (χ1) is 16.2. The molecule has 0 spiro atoms. The van der Waals surface area contributed by atoms with Crippen molar-refractivity contribution in [1.82, 2.24) is 14.9 Å². The number of aromatic amines is 1. The molecule has 1 unspecified atom stereocenters. The van der Waals surface area contributed by atoms with E-state index in [1.807, 2.05) is 32.1 Å². The monoisotopic (exact) mass is 466 g/mol. The number of H-pyrrole nitrogens is 1. The smallest absolute Gasteiger partial charge is 0.213 e. The normalized spacial score (nSPS) is 20.7. The van der Waals surface area contributed by atoms with Gasteiger partial charge in [0.05, 0.1) is 28.9 Å². The quantitative estimate of drug-likeness (QED) is 0.387. The molecule has 4 rings (SSSR count). The van der Waals surface area contributed by atoms with Gasteiger partial charge in [-0.2, -0.15) is 0 Å². The van der Waals surface area contributed by atoms with Gasteiger partial charge in [0.15, 0.2) is 5.84 Å². The van der Waals surface area contributed by atoms with Crippen LogP contribution in [-0.4, -0.2) is 83.4 Å². The minimum absolute atomic E-state index is 0.223. The molecule has 2 aliphatic rings. The number of β-amino-alcohol motifs (C(OH)–C–C–N with tert-alkyl or cyclic N) is 1. The number of amidine groups is 1. The minimum atomic E-state index is -0.673. The van der Waals surface area contributed by atoms with Crippen molar-refractivity contribution in [2.24, 2.45) is 15.9 Å². The van der Waals surface area contributed by atoms with Gasteiger partial charge < -0.3 is 19.6 Å². The highest BCUT2D eigenvalue weighted by atomic mass is 16.5. The molecule has 2 aromatic rings. The Morgan fingerprint density at radius 1 is 1.35 bits per heavy atom. The van der Waals surface area contributed by atoms with E-state index in [0.717, 1.165) is 47.3 Å². The number of dihydropyridines is 1. The number of nitrogens with zero attached hydrogens (tertiary/aromatic N) is 4. The van der Waals surface area contributed by atoms with E-state index in [0.29, 0.717) is 30.8 Å². The van der Waals surface area contributed by atoms with Crippen molar-refractivity contribution in [1.29, 1.82) is 5.41 Å². The van der Waals surface area contributed by atoms with Crippen molar-refractivity contribution in [2.45, 2.75) is 45.3 Å². The first-order valence-corrected chi connectivity index (χ1v) is 11.6. The van der Waals surface area contributed by atoms with Crippen LogP contribution < -0.4 is 4.74 Å². The Morgan fingerprint density at radius 2 is 2.12 bits per heavy atom. The van der Waals surface area contributed by atoms with Crippen LogP contribution >= 0.6 is 0 Å². The van der Waals surface area contributed by atoms with Crippen LogP contribution in [0.5, 0.6) is 5.88 Å². The number of methoxy groups -OCH3 is 1. The predicted molar refractivity (Wildman–Crippen MR) is 135 cm³/mol. The summed E-state index contributed by atoms with van der Waals surface area (Å²) in [5, 5.41) is 17.2. The molecule has 9 nitrogen and oxygen atoms in total. The predicted octanol–water partition coefficient (Wildman–Crippen LogP) is 3.26. The third-order valence-corrected chi connectivity index (χ3v) is 6.00. The van der Waals surface area contributed by atoms with Crippen LogP contribution in [-0.2, 0) is 4.74 Å². The van der Waals surface area contributed by atoms with Gasteiger partial charge in [-0.1, -0.05) is 13.8 Å². The Hall–Kier alpha value is -2.88. The van der Waals surface area contributed by atoms with Crippen LogP contribution in [0.4, 0.5) is 0 Å². The molecule has 2 aromatic heterocycles. The van der Waals surface area contributed by atoms with E-state index in [9.17, 15) is 5.11 Å². The van der Waals surface area contributed by atoms with Gasteiger partial charge in [-0.25, -0.2) is 15.0 Å². The second-order valence-corrected chi connectivity index (χ2v) is 9.95. The van der Waals surface area contributed by atoms with Crippen LogP contribution in [0.1, 0.15) is 44.9 Å². The zero-order valence-corrected chi connectivity index (χ0v) is 20.5. The Balaban J connectivity index is 1.53. The van der Waals surface area contributed by atoms with Crippen LogP contribution in [0.15, 0.2) is 28.2 Å². The van der Waals surface area contributed by atoms with E-state index < -0.39 is 11.7 Å². The molecule has 0 aromatic carbocycles. The van der Waals surface area contributed by atoms with Gasteiger partial charge in [-0.15, -0.1) is 0 Å². The standard InChI is InChI=1S/C25H34N6O3/c1-15(2)21-22(17-8-19(33-5)24(27-9-17)28-14-26)29-18-6-7-20(30-23(18)21)34-12-16-10-31(11-16)13-25(3,4)32/h6-9,14-16,19,26,29,32H,10-13H2,1-5H3. The number of allylic oxidation sites excluding steroid dienone is 1.